The van der Waals surface area contributed by atoms with Crippen LogP contribution in [-0.2, 0) is 6.42 Å². The summed E-state index contributed by atoms with van der Waals surface area (Å²) < 4.78 is 0. The zero-order chi connectivity index (χ0) is 20.8. The van der Waals surface area contributed by atoms with Crippen LogP contribution in [-0.4, -0.2) is 33.9 Å². The predicted molar refractivity (Wildman–Crippen MR) is 120 cm³/mol. The van der Waals surface area contributed by atoms with Gasteiger partial charge in [-0.2, -0.15) is 0 Å². The highest BCUT2D eigenvalue weighted by Gasteiger charge is 2.13. The van der Waals surface area contributed by atoms with Crippen LogP contribution in [0, 0.1) is 0 Å². The van der Waals surface area contributed by atoms with Gasteiger partial charge in [0.15, 0.2) is 5.82 Å². The molecule has 0 aliphatic heterocycles. The van der Waals surface area contributed by atoms with E-state index in [1.54, 1.807) is 12.1 Å². The van der Waals surface area contributed by atoms with Crippen LogP contribution < -0.4 is 10.6 Å². The maximum absolute atomic E-state index is 12.8. The van der Waals surface area contributed by atoms with Gasteiger partial charge in [-0.15, -0.1) is 6.58 Å². The van der Waals surface area contributed by atoms with Crippen molar-refractivity contribution >= 4 is 22.6 Å². The van der Waals surface area contributed by atoms with Gasteiger partial charge in [-0.1, -0.05) is 54.6 Å². The number of hydrogen-bond acceptors (Lipinski definition) is 4. The maximum Gasteiger partial charge on any atom is 0.270 e. The van der Waals surface area contributed by atoms with Gasteiger partial charge in [0.05, 0.1) is 0 Å². The van der Waals surface area contributed by atoms with Crippen LogP contribution in [0.15, 0.2) is 79.5 Å². The summed E-state index contributed by atoms with van der Waals surface area (Å²) in [5.41, 5.74) is 3.45. The molecule has 1 amide bonds. The minimum absolute atomic E-state index is 0.226. The smallest absolute Gasteiger partial charge is 0.270 e. The van der Waals surface area contributed by atoms with Crippen LogP contribution >= 0.6 is 0 Å². The van der Waals surface area contributed by atoms with E-state index in [0.717, 1.165) is 17.5 Å². The molecule has 0 unspecified atom stereocenters. The van der Waals surface area contributed by atoms with E-state index in [9.17, 15) is 4.79 Å². The molecule has 4 rings (SSSR count). The fraction of sp³-hybridized carbons (Fsp3) is 0.125. The Hall–Kier alpha value is -3.93. The van der Waals surface area contributed by atoms with E-state index in [1.807, 2.05) is 54.7 Å². The topological polar surface area (TPSA) is 82.7 Å². The highest BCUT2D eigenvalue weighted by Crippen LogP contribution is 2.19. The molecule has 0 saturated carbocycles. The minimum Gasteiger partial charge on any atom is -0.366 e. The molecule has 0 saturated heterocycles. The molecule has 3 N–H and O–H groups in total. The lowest BCUT2D eigenvalue weighted by atomic mass is 10.1. The highest BCUT2D eigenvalue weighted by atomic mass is 16.1. The number of aromatic nitrogens is 3. The van der Waals surface area contributed by atoms with Gasteiger partial charge in [0.25, 0.3) is 5.91 Å². The fourth-order valence-corrected chi connectivity index (χ4v) is 3.29. The number of benzene rings is 2. The molecule has 4 aromatic rings. The molecule has 30 heavy (non-hydrogen) atoms. The first-order valence-electron chi connectivity index (χ1n) is 9.87. The molecule has 0 spiro atoms. The zero-order valence-corrected chi connectivity index (χ0v) is 16.6. The van der Waals surface area contributed by atoms with Gasteiger partial charge in [-0.25, -0.2) is 9.97 Å². The van der Waals surface area contributed by atoms with Gasteiger partial charge >= 0.3 is 0 Å². The van der Waals surface area contributed by atoms with Crippen molar-refractivity contribution < 1.29 is 4.79 Å². The number of carbonyl (C=O) groups is 1. The number of amides is 1. The number of para-hydroxylation sites is 1. The Balaban J connectivity index is 1.50. The third-order valence-corrected chi connectivity index (χ3v) is 4.77. The minimum atomic E-state index is -0.226. The summed E-state index contributed by atoms with van der Waals surface area (Å²) in [5.74, 6) is 0.869. The maximum atomic E-state index is 12.8. The number of fused-ring (bicyclic) bond motifs is 1. The molecule has 0 bridgehead atoms. The number of nitrogens with zero attached hydrogens (tertiary/aromatic N) is 2. The van der Waals surface area contributed by atoms with Gasteiger partial charge < -0.3 is 15.6 Å². The van der Waals surface area contributed by atoms with E-state index in [2.05, 4.69) is 38.2 Å². The second kappa shape index (κ2) is 9.05. The lowest BCUT2D eigenvalue weighted by molar-refractivity contribution is 0.0949. The van der Waals surface area contributed by atoms with E-state index >= 15 is 0 Å². The van der Waals surface area contributed by atoms with Crippen molar-refractivity contribution in [2.45, 2.75) is 6.42 Å². The van der Waals surface area contributed by atoms with Crippen molar-refractivity contribution in [3.63, 3.8) is 0 Å². The second-order valence-electron chi connectivity index (χ2n) is 6.86. The average molecular weight is 397 g/mol. The number of anilines is 1. The molecule has 0 fully saturated rings. The van der Waals surface area contributed by atoms with Gasteiger partial charge in [0.1, 0.15) is 11.5 Å². The van der Waals surface area contributed by atoms with Gasteiger partial charge in [0, 0.05) is 41.8 Å². The van der Waals surface area contributed by atoms with Crippen LogP contribution in [0.3, 0.4) is 0 Å². The number of rotatable bonds is 8. The molecule has 150 valence electrons. The summed E-state index contributed by atoms with van der Waals surface area (Å²) in [6.45, 7) is 4.78. The molecule has 0 aliphatic rings. The van der Waals surface area contributed by atoms with Crippen LogP contribution in [0.2, 0.25) is 0 Å². The van der Waals surface area contributed by atoms with Crippen molar-refractivity contribution in [3.05, 3.63) is 90.8 Å². The third-order valence-electron chi connectivity index (χ3n) is 4.77. The fourth-order valence-electron chi connectivity index (χ4n) is 3.29. The third kappa shape index (κ3) is 4.38. The highest BCUT2D eigenvalue weighted by molar-refractivity contribution is 5.93. The summed E-state index contributed by atoms with van der Waals surface area (Å²) in [5, 5.41) is 7.29. The summed E-state index contributed by atoms with van der Waals surface area (Å²) in [7, 11) is 0. The Morgan fingerprint density at radius 2 is 1.87 bits per heavy atom. The van der Waals surface area contributed by atoms with Crippen LogP contribution in [0.5, 0.6) is 0 Å². The summed E-state index contributed by atoms with van der Waals surface area (Å²) >= 11 is 0. The van der Waals surface area contributed by atoms with Gasteiger partial charge in [-0.05, 0) is 18.1 Å². The summed E-state index contributed by atoms with van der Waals surface area (Å²) in [4.78, 5) is 25.1. The lowest BCUT2D eigenvalue weighted by Crippen LogP contribution is -2.27. The number of carbonyl (C=O) groups excluding carboxylic acids is 1. The molecular weight excluding hydrogens is 374 g/mol. The largest absolute Gasteiger partial charge is 0.366 e. The summed E-state index contributed by atoms with van der Waals surface area (Å²) in [6, 6.07) is 19.4. The Kier molecular flexibility index (Phi) is 5.85. The normalized spacial score (nSPS) is 10.7. The van der Waals surface area contributed by atoms with Crippen molar-refractivity contribution in [1.29, 1.82) is 0 Å². The Labute approximate surface area is 175 Å². The molecule has 2 aromatic carbocycles. The lowest BCUT2D eigenvalue weighted by Gasteiger charge is -2.10. The number of H-pyrrole nitrogens is 1. The van der Waals surface area contributed by atoms with E-state index in [4.69, 9.17) is 0 Å². The van der Waals surface area contributed by atoms with Gasteiger partial charge in [0.2, 0.25) is 0 Å². The van der Waals surface area contributed by atoms with E-state index in [1.165, 1.54) is 10.9 Å². The quantitative estimate of drug-likeness (QED) is 0.389. The number of hydrogen-bond donors (Lipinski definition) is 3. The monoisotopic (exact) mass is 397 g/mol. The summed E-state index contributed by atoms with van der Waals surface area (Å²) in [6.07, 6.45) is 4.46. The van der Waals surface area contributed by atoms with Crippen molar-refractivity contribution in [3.8, 4) is 11.4 Å². The Bertz CT molecular complexity index is 1170. The van der Waals surface area contributed by atoms with E-state index < -0.39 is 0 Å². The second-order valence-corrected chi connectivity index (χ2v) is 6.86. The van der Waals surface area contributed by atoms with E-state index in [-0.39, 0.29) is 5.91 Å². The van der Waals surface area contributed by atoms with Crippen LogP contribution in [0.25, 0.3) is 22.3 Å². The first kappa shape index (κ1) is 19.4. The molecule has 6 heteroatoms. The standard InChI is InChI=1S/C24H23N5O/c1-2-13-25-22-15-21(28-23(29-22)17-8-4-3-5-9-17)24(30)26-14-12-18-16-27-20-11-7-6-10-19(18)20/h2-11,15-16,27H,1,12-14H2,(H,26,30)(H,25,28,29). The van der Waals surface area contributed by atoms with Gasteiger partial charge in [-0.3, -0.25) is 4.79 Å². The molecule has 6 nitrogen and oxygen atoms in total. The Morgan fingerprint density at radius 1 is 1.07 bits per heavy atom. The predicted octanol–water partition coefficient (Wildman–Crippen LogP) is 4.20. The van der Waals surface area contributed by atoms with Crippen LogP contribution in [0.1, 0.15) is 16.1 Å². The number of aromatic amines is 1. The molecule has 0 atom stereocenters. The van der Waals surface area contributed by atoms with Crippen molar-refractivity contribution in [1.82, 2.24) is 20.3 Å². The molecular formula is C24H23N5O. The zero-order valence-electron chi connectivity index (χ0n) is 16.6. The Morgan fingerprint density at radius 3 is 2.70 bits per heavy atom. The van der Waals surface area contributed by atoms with Crippen LogP contribution in [0.4, 0.5) is 5.82 Å². The van der Waals surface area contributed by atoms with E-state index in [0.29, 0.717) is 30.4 Å². The SMILES string of the molecule is C=CCNc1cc(C(=O)NCCc2c[nH]c3ccccc23)nc(-c2ccccc2)n1. The molecule has 0 aliphatic carbocycles. The van der Waals surface area contributed by atoms with Crippen molar-refractivity contribution in [2.75, 3.05) is 18.4 Å². The average Bonchev–Trinajstić information content (AvgIpc) is 3.21. The number of nitrogens with one attached hydrogen (secondary N) is 3. The molecule has 2 aromatic heterocycles. The first-order chi connectivity index (χ1) is 14.7. The molecule has 2 heterocycles. The van der Waals surface area contributed by atoms with Crippen molar-refractivity contribution in [2.24, 2.45) is 0 Å². The molecule has 0 radical (unpaired) electrons. The first-order valence-corrected chi connectivity index (χ1v) is 9.87.